The number of fused-ring (bicyclic) bond motifs is 1. The second kappa shape index (κ2) is 6.48. The largest absolute Gasteiger partial charge is 0.361 e. The van der Waals surface area contributed by atoms with Crippen LogP contribution in [0.5, 0.6) is 0 Å². The van der Waals surface area contributed by atoms with Crippen molar-refractivity contribution in [3.63, 3.8) is 0 Å². The van der Waals surface area contributed by atoms with Crippen molar-refractivity contribution in [2.45, 2.75) is 13.0 Å². The molecule has 1 aromatic heterocycles. The van der Waals surface area contributed by atoms with E-state index >= 15 is 0 Å². The van der Waals surface area contributed by atoms with Gasteiger partial charge in [-0.3, -0.25) is 9.59 Å². The highest BCUT2D eigenvalue weighted by Gasteiger charge is 2.29. The lowest BCUT2D eigenvalue weighted by molar-refractivity contribution is -0.144. The van der Waals surface area contributed by atoms with Gasteiger partial charge in [-0.2, -0.15) is 0 Å². The zero-order chi connectivity index (χ0) is 18.1. The van der Waals surface area contributed by atoms with Crippen LogP contribution in [0.1, 0.15) is 11.3 Å². The van der Waals surface area contributed by atoms with Gasteiger partial charge in [-0.1, -0.05) is 59.8 Å². The number of amides is 2. The molecule has 2 heterocycles. The van der Waals surface area contributed by atoms with E-state index in [2.05, 4.69) is 17.3 Å². The maximum Gasteiger partial charge on any atom is 0.311 e. The normalized spacial score (nSPS) is 13.3. The van der Waals surface area contributed by atoms with Crippen molar-refractivity contribution in [2.75, 3.05) is 6.54 Å². The maximum absolute atomic E-state index is 11.9. The summed E-state index contributed by atoms with van der Waals surface area (Å²) in [6, 6.07) is 18.1. The number of carbonyl (C=O) groups excluding carboxylic acids is 2. The zero-order valence-corrected chi connectivity index (χ0v) is 14.0. The molecule has 0 radical (unpaired) electrons. The monoisotopic (exact) mass is 347 g/mol. The van der Waals surface area contributed by atoms with Crippen molar-refractivity contribution in [2.24, 2.45) is 5.73 Å². The van der Waals surface area contributed by atoms with Crippen LogP contribution in [0, 0.1) is 0 Å². The van der Waals surface area contributed by atoms with E-state index in [0.717, 1.165) is 28.0 Å². The number of nitrogens with two attached hydrogens (primary N) is 1. The number of hydrogen-bond donors (Lipinski definition) is 1. The summed E-state index contributed by atoms with van der Waals surface area (Å²) in [5.41, 5.74) is 9.79. The standard InChI is InChI=1S/C20H17N3O3/c21-19(24)20(25)23-11-10-17-16(12-23)18(22-26-17)15-8-6-14(7-9-15)13-4-2-1-3-5-13/h1-9H,10-12H2,(H2,21,24). The number of aromatic nitrogens is 1. The Kier molecular flexibility index (Phi) is 4.01. The fraction of sp³-hybridized carbons (Fsp3) is 0.150. The fourth-order valence-corrected chi connectivity index (χ4v) is 3.22. The van der Waals surface area contributed by atoms with Crippen molar-refractivity contribution in [1.82, 2.24) is 10.1 Å². The third-order valence-corrected chi connectivity index (χ3v) is 4.59. The lowest BCUT2D eigenvalue weighted by Crippen LogP contribution is -2.42. The van der Waals surface area contributed by atoms with E-state index in [1.807, 2.05) is 42.5 Å². The van der Waals surface area contributed by atoms with Crippen LogP contribution in [0.4, 0.5) is 0 Å². The van der Waals surface area contributed by atoms with Crippen molar-refractivity contribution in [1.29, 1.82) is 0 Å². The molecule has 0 bridgehead atoms. The number of benzene rings is 2. The lowest BCUT2D eigenvalue weighted by Gasteiger charge is -2.24. The molecule has 1 aliphatic heterocycles. The Labute approximate surface area is 150 Å². The molecule has 2 N–H and O–H groups in total. The third kappa shape index (κ3) is 2.86. The Balaban J connectivity index is 1.63. The first-order chi connectivity index (χ1) is 12.6. The summed E-state index contributed by atoms with van der Waals surface area (Å²) in [6.45, 7) is 0.673. The van der Waals surface area contributed by atoms with Crippen molar-refractivity contribution < 1.29 is 14.1 Å². The molecule has 2 amide bonds. The SMILES string of the molecule is NC(=O)C(=O)N1CCc2onc(-c3ccc(-c4ccccc4)cc3)c2C1. The van der Waals surface area contributed by atoms with Gasteiger partial charge in [0.2, 0.25) is 0 Å². The van der Waals surface area contributed by atoms with E-state index in [9.17, 15) is 9.59 Å². The molecule has 2 aromatic carbocycles. The molecule has 1 aliphatic rings. The molecule has 0 atom stereocenters. The number of nitrogens with zero attached hydrogens (tertiary/aromatic N) is 2. The Morgan fingerprint density at radius 1 is 0.962 bits per heavy atom. The van der Waals surface area contributed by atoms with Crippen molar-refractivity contribution >= 4 is 11.8 Å². The van der Waals surface area contributed by atoms with Crippen molar-refractivity contribution in [3.05, 3.63) is 65.9 Å². The van der Waals surface area contributed by atoms with Crippen LogP contribution in [0.15, 0.2) is 59.1 Å². The third-order valence-electron chi connectivity index (χ3n) is 4.59. The predicted molar refractivity (Wildman–Crippen MR) is 95.7 cm³/mol. The van der Waals surface area contributed by atoms with E-state index in [4.69, 9.17) is 10.3 Å². The van der Waals surface area contributed by atoms with Crippen LogP contribution in [0.3, 0.4) is 0 Å². The van der Waals surface area contributed by atoms with Crippen LogP contribution < -0.4 is 5.73 Å². The summed E-state index contributed by atoms with van der Waals surface area (Å²) in [5, 5.41) is 4.18. The average molecular weight is 347 g/mol. The van der Waals surface area contributed by atoms with Gasteiger partial charge in [-0.05, 0) is 11.1 Å². The molecular formula is C20H17N3O3. The minimum absolute atomic E-state index is 0.274. The van der Waals surface area contributed by atoms with Gasteiger partial charge in [0.1, 0.15) is 11.5 Å². The van der Waals surface area contributed by atoms with Gasteiger partial charge >= 0.3 is 11.8 Å². The van der Waals surface area contributed by atoms with Gasteiger partial charge in [-0.15, -0.1) is 0 Å². The van der Waals surface area contributed by atoms with E-state index in [-0.39, 0.29) is 6.54 Å². The molecule has 6 nitrogen and oxygen atoms in total. The van der Waals surface area contributed by atoms with Crippen LogP contribution in [-0.4, -0.2) is 28.4 Å². The van der Waals surface area contributed by atoms with Crippen molar-refractivity contribution in [3.8, 4) is 22.4 Å². The van der Waals surface area contributed by atoms with Gasteiger partial charge in [0.25, 0.3) is 0 Å². The van der Waals surface area contributed by atoms with Gasteiger partial charge in [0, 0.05) is 24.1 Å². The van der Waals surface area contributed by atoms with Gasteiger partial charge in [-0.25, -0.2) is 0 Å². The molecule has 0 unspecified atom stereocenters. The molecule has 0 fully saturated rings. The van der Waals surface area contributed by atoms with E-state index in [0.29, 0.717) is 18.7 Å². The fourth-order valence-electron chi connectivity index (χ4n) is 3.22. The summed E-state index contributed by atoms with van der Waals surface area (Å²) >= 11 is 0. The van der Waals surface area contributed by atoms with Gasteiger partial charge in [0.15, 0.2) is 0 Å². The van der Waals surface area contributed by atoms with Crippen LogP contribution in [0.25, 0.3) is 22.4 Å². The number of hydrogen-bond acceptors (Lipinski definition) is 4. The van der Waals surface area contributed by atoms with E-state index in [1.54, 1.807) is 0 Å². The minimum atomic E-state index is -0.946. The Morgan fingerprint density at radius 2 is 1.62 bits per heavy atom. The highest BCUT2D eigenvalue weighted by Crippen LogP contribution is 2.31. The van der Waals surface area contributed by atoms with Crippen LogP contribution >= 0.6 is 0 Å². The zero-order valence-electron chi connectivity index (χ0n) is 14.0. The second-order valence-corrected chi connectivity index (χ2v) is 6.22. The first-order valence-electron chi connectivity index (χ1n) is 8.35. The molecule has 0 aliphatic carbocycles. The molecule has 0 saturated heterocycles. The molecule has 0 saturated carbocycles. The Morgan fingerprint density at radius 3 is 2.31 bits per heavy atom. The molecule has 3 aromatic rings. The van der Waals surface area contributed by atoms with E-state index in [1.165, 1.54) is 4.90 Å². The Hall–Kier alpha value is -3.41. The number of primary amides is 1. The molecular weight excluding hydrogens is 330 g/mol. The van der Waals surface area contributed by atoms with Crippen LogP contribution in [0.2, 0.25) is 0 Å². The van der Waals surface area contributed by atoms with Gasteiger partial charge in [0.05, 0.1) is 6.54 Å². The summed E-state index contributed by atoms with van der Waals surface area (Å²) in [6.07, 6.45) is 0.517. The highest BCUT2D eigenvalue weighted by molar-refractivity contribution is 6.34. The summed E-state index contributed by atoms with van der Waals surface area (Å²) < 4.78 is 5.44. The summed E-state index contributed by atoms with van der Waals surface area (Å²) in [7, 11) is 0. The summed E-state index contributed by atoms with van der Waals surface area (Å²) in [4.78, 5) is 24.5. The van der Waals surface area contributed by atoms with Crippen LogP contribution in [-0.2, 0) is 22.6 Å². The summed E-state index contributed by atoms with van der Waals surface area (Å²) in [5.74, 6) is -0.874. The topological polar surface area (TPSA) is 89.4 Å². The average Bonchev–Trinajstić information content (AvgIpc) is 3.11. The first kappa shape index (κ1) is 16.1. The minimum Gasteiger partial charge on any atom is -0.361 e. The molecule has 130 valence electrons. The quantitative estimate of drug-likeness (QED) is 0.721. The lowest BCUT2D eigenvalue weighted by atomic mass is 9.99. The predicted octanol–water partition coefficient (Wildman–Crippen LogP) is 2.38. The molecule has 26 heavy (non-hydrogen) atoms. The maximum atomic E-state index is 11.9. The van der Waals surface area contributed by atoms with Gasteiger partial charge < -0.3 is 15.2 Å². The first-order valence-corrected chi connectivity index (χ1v) is 8.35. The smallest absolute Gasteiger partial charge is 0.311 e. The number of rotatable bonds is 2. The molecule has 4 rings (SSSR count). The second-order valence-electron chi connectivity index (χ2n) is 6.22. The van der Waals surface area contributed by atoms with E-state index < -0.39 is 11.8 Å². The molecule has 6 heteroatoms. The molecule has 0 spiro atoms. The number of carbonyl (C=O) groups is 2. The highest BCUT2D eigenvalue weighted by atomic mass is 16.5. The Bertz CT molecular complexity index is 962.